The Kier molecular flexibility index (Phi) is 6.52. The third-order valence-electron chi connectivity index (χ3n) is 3.86. The summed E-state index contributed by atoms with van der Waals surface area (Å²) in [6, 6.07) is 11.5. The van der Waals surface area contributed by atoms with Crippen molar-refractivity contribution in [1.82, 2.24) is 0 Å². The Morgan fingerprint density at radius 1 is 1.22 bits per heavy atom. The number of halogens is 1. The monoisotopic (exact) mass is 481 g/mol. The molecule has 2 aromatic rings. The summed E-state index contributed by atoms with van der Waals surface area (Å²) in [4.78, 5) is 16.2. The molecule has 1 amide bonds. The Bertz CT molecular complexity index is 946. The smallest absolute Gasteiger partial charge is 0.270 e. The number of carbonyl (C=O) groups is 1. The summed E-state index contributed by atoms with van der Waals surface area (Å²) in [7, 11) is 3.16. The van der Waals surface area contributed by atoms with Crippen molar-refractivity contribution in [3.63, 3.8) is 0 Å². The normalized spacial score (nSPS) is 15.6. The molecule has 4 nitrogen and oxygen atoms in total. The van der Waals surface area contributed by atoms with Gasteiger partial charge in [0, 0.05) is 4.90 Å². The van der Waals surface area contributed by atoms with Crippen LogP contribution in [0.25, 0.3) is 6.08 Å². The van der Waals surface area contributed by atoms with E-state index < -0.39 is 0 Å². The van der Waals surface area contributed by atoms with E-state index in [1.54, 1.807) is 30.9 Å². The highest BCUT2D eigenvalue weighted by molar-refractivity contribution is 9.10. The average molecular weight is 482 g/mol. The van der Waals surface area contributed by atoms with Gasteiger partial charge in [0.1, 0.15) is 0 Å². The van der Waals surface area contributed by atoms with Gasteiger partial charge >= 0.3 is 0 Å². The van der Waals surface area contributed by atoms with Crippen LogP contribution in [0.3, 0.4) is 0 Å². The van der Waals surface area contributed by atoms with Gasteiger partial charge in [-0.05, 0) is 64.2 Å². The zero-order chi connectivity index (χ0) is 19.6. The van der Waals surface area contributed by atoms with Gasteiger partial charge in [-0.25, -0.2) is 0 Å². The molecule has 1 aliphatic heterocycles. The molecule has 3 rings (SSSR count). The Hall–Kier alpha value is -1.48. The molecule has 0 saturated carbocycles. The minimum absolute atomic E-state index is 0.130. The van der Waals surface area contributed by atoms with E-state index in [1.165, 1.54) is 11.8 Å². The average Bonchev–Trinajstić information content (AvgIpc) is 2.94. The quantitative estimate of drug-likeness (QED) is 0.314. The van der Waals surface area contributed by atoms with Crippen LogP contribution in [0, 0.1) is 0 Å². The summed E-state index contributed by atoms with van der Waals surface area (Å²) < 4.78 is 12.0. The summed E-state index contributed by atoms with van der Waals surface area (Å²) in [6.45, 7) is 0. The molecule has 1 saturated heterocycles. The van der Waals surface area contributed by atoms with Gasteiger partial charge in [0.2, 0.25) is 0 Å². The van der Waals surface area contributed by atoms with Gasteiger partial charge in [-0.1, -0.05) is 30.0 Å². The number of hydrogen-bond acceptors (Lipinski definition) is 6. The van der Waals surface area contributed by atoms with Crippen molar-refractivity contribution in [2.24, 2.45) is 0 Å². The molecule has 0 atom stereocenters. The Labute approximate surface area is 180 Å². The van der Waals surface area contributed by atoms with E-state index in [2.05, 4.69) is 15.9 Å². The first-order chi connectivity index (χ1) is 13.0. The maximum Gasteiger partial charge on any atom is 0.270 e. The lowest BCUT2D eigenvalue weighted by Crippen LogP contribution is -2.27. The number of rotatable bonds is 5. The van der Waals surface area contributed by atoms with E-state index in [4.69, 9.17) is 21.7 Å². The second-order valence-corrected chi connectivity index (χ2v) is 8.87. The standard InChI is InChI=1S/C19H16BrNO3S3/c1-23-15-8-11(7-14(20)17(15)24-2)9-16-18(22)21(19(25)27-16)12-5-4-6-13(10-12)26-3/h4-10H,1-3H3/b16-9+. The van der Waals surface area contributed by atoms with Crippen molar-refractivity contribution in [1.29, 1.82) is 0 Å². The lowest BCUT2D eigenvalue weighted by atomic mass is 10.2. The maximum absolute atomic E-state index is 13.0. The number of benzene rings is 2. The van der Waals surface area contributed by atoms with Crippen LogP contribution in [-0.4, -0.2) is 30.7 Å². The number of hydrogen-bond donors (Lipinski definition) is 0. The van der Waals surface area contributed by atoms with Gasteiger partial charge < -0.3 is 9.47 Å². The van der Waals surface area contributed by atoms with E-state index in [1.807, 2.05) is 48.7 Å². The van der Waals surface area contributed by atoms with Crippen LogP contribution in [0.5, 0.6) is 11.5 Å². The predicted molar refractivity (Wildman–Crippen MR) is 121 cm³/mol. The fourth-order valence-electron chi connectivity index (χ4n) is 2.61. The Balaban J connectivity index is 1.96. The third-order valence-corrected chi connectivity index (χ3v) is 6.48. The van der Waals surface area contributed by atoms with Gasteiger partial charge in [0.15, 0.2) is 15.8 Å². The van der Waals surface area contributed by atoms with Gasteiger partial charge in [0.25, 0.3) is 5.91 Å². The first-order valence-corrected chi connectivity index (χ1v) is 11.1. The number of ether oxygens (including phenoxy) is 2. The first kappa shape index (κ1) is 20.3. The number of carbonyl (C=O) groups excluding carboxylic acids is 1. The van der Waals surface area contributed by atoms with Gasteiger partial charge in [-0.3, -0.25) is 9.69 Å². The summed E-state index contributed by atoms with van der Waals surface area (Å²) in [6.07, 6.45) is 3.81. The molecule has 140 valence electrons. The second kappa shape index (κ2) is 8.68. The molecule has 0 N–H and O–H groups in total. The lowest BCUT2D eigenvalue weighted by molar-refractivity contribution is -0.113. The van der Waals surface area contributed by atoms with Crippen LogP contribution >= 0.6 is 51.7 Å². The molecule has 2 aromatic carbocycles. The highest BCUT2D eigenvalue weighted by Gasteiger charge is 2.33. The molecular weight excluding hydrogens is 466 g/mol. The zero-order valence-corrected chi connectivity index (χ0v) is 18.9. The van der Waals surface area contributed by atoms with Crippen molar-refractivity contribution in [3.05, 3.63) is 51.3 Å². The highest BCUT2D eigenvalue weighted by atomic mass is 79.9. The summed E-state index contributed by atoms with van der Waals surface area (Å²) in [5, 5.41) is 0. The molecule has 27 heavy (non-hydrogen) atoms. The van der Waals surface area contributed by atoms with Crippen molar-refractivity contribution in [2.75, 3.05) is 25.4 Å². The summed E-state index contributed by atoms with van der Waals surface area (Å²) >= 11 is 11.8. The molecule has 0 aliphatic carbocycles. The molecule has 8 heteroatoms. The van der Waals surface area contributed by atoms with Gasteiger partial charge in [0.05, 0.1) is 29.3 Å². The fourth-order valence-corrected chi connectivity index (χ4v) is 4.99. The lowest BCUT2D eigenvalue weighted by Gasteiger charge is -2.15. The van der Waals surface area contributed by atoms with Gasteiger partial charge in [-0.15, -0.1) is 11.8 Å². The van der Waals surface area contributed by atoms with E-state index >= 15 is 0 Å². The number of methoxy groups -OCH3 is 2. The maximum atomic E-state index is 13.0. The molecule has 0 spiro atoms. The van der Waals surface area contributed by atoms with Crippen LogP contribution < -0.4 is 14.4 Å². The summed E-state index contributed by atoms with van der Waals surface area (Å²) in [5.41, 5.74) is 1.60. The Morgan fingerprint density at radius 3 is 2.67 bits per heavy atom. The molecule has 0 bridgehead atoms. The highest BCUT2D eigenvalue weighted by Crippen LogP contribution is 2.40. The van der Waals surface area contributed by atoms with Crippen molar-refractivity contribution in [3.8, 4) is 11.5 Å². The number of amides is 1. The largest absolute Gasteiger partial charge is 0.493 e. The van der Waals surface area contributed by atoms with E-state index in [-0.39, 0.29) is 5.91 Å². The molecule has 1 heterocycles. The van der Waals surface area contributed by atoms with Crippen LogP contribution in [0.4, 0.5) is 5.69 Å². The number of anilines is 1. The van der Waals surface area contributed by atoms with E-state index in [0.717, 1.165) is 20.6 Å². The molecule has 1 aliphatic rings. The number of nitrogens with zero attached hydrogens (tertiary/aromatic N) is 1. The Morgan fingerprint density at radius 2 is 2.00 bits per heavy atom. The van der Waals surface area contributed by atoms with E-state index in [9.17, 15) is 4.79 Å². The van der Waals surface area contributed by atoms with Gasteiger partial charge in [-0.2, -0.15) is 0 Å². The topological polar surface area (TPSA) is 38.8 Å². The molecule has 0 aromatic heterocycles. The predicted octanol–water partition coefficient (Wildman–Crippen LogP) is 5.59. The summed E-state index contributed by atoms with van der Waals surface area (Å²) in [5.74, 6) is 1.06. The molecule has 0 radical (unpaired) electrons. The van der Waals surface area contributed by atoms with Crippen molar-refractivity contribution in [2.45, 2.75) is 4.90 Å². The van der Waals surface area contributed by atoms with E-state index in [0.29, 0.717) is 20.7 Å². The minimum atomic E-state index is -0.130. The number of thiocarbonyl (C=S) groups is 1. The number of thioether (sulfide) groups is 2. The van der Waals surface area contributed by atoms with Crippen molar-refractivity contribution >= 4 is 73.7 Å². The molecule has 1 fully saturated rings. The second-order valence-electron chi connectivity index (χ2n) is 5.46. The molecular formula is C19H16BrNO3S3. The van der Waals surface area contributed by atoms with Crippen LogP contribution in [0.2, 0.25) is 0 Å². The van der Waals surface area contributed by atoms with Crippen LogP contribution in [0.15, 0.2) is 50.7 Å². The van der Waals surface area contributed by atoms with Crippen LogP contribution in [0.1, 0.15) is 5.56 Å². The van der Waals surface area contributed by atoms with Crippen LogP contribution in [-0.2, 0) is 4.79 Å². The fraction of sp³-hybridized carbons (Fsp3) is 0.158. The first-order valence-electron chi connectivity index (χ1n) is 7.82. The third kappa shape index (κ3) is 4.18. The SMILES string of the molecule is COc1cc(/C=C2/SC(=S)N(c3cccc(SC)c3)C2=O)cc(Br)c1OC. The zero-order valence-electron chi connectivity index (χ0n) is 14.8. The molecule has 0 unspecified atom stereocenters. The van der Waals surface area contributed by atoms with Crippen molar-refractivity contribution < 1.29 is 14.3 Å². The minimum Gasteiger partial charge on any atom is -0.493 e.